The zero-order valence-electron chi connectivity index (χ0n) is 11.2. The third kappa shape index (κ3) is 2.69. The highest BCUT2D eigenvalue weighted by Gasteiger charge is 2.27. The molecule has 106 valence electrons. The van der Waals surface area contributed by atoms with E-state index in [1.165, 1.54) is 0 Å². The molecule has 0 saturated carbocycles. The van der Waals surface area contributed by atoms with Gasteiger partial charge in [0.15, 0.2) is 5.78 Å². The number of rotatable bonds is 3. The van der Waals surface area contributed by atoms with Gasteiger partial charge in [-0.25, -0.2) is 0 Å². The van der Waals surface area contributed by atoms with Crippen molar-refractivity contribution in [3.63, 3.8) is 0 Å². The Balaban J connectivity index is 1.91. The second kappa shape index (κ2) is 5.34. The predicted octanol–water partition coefficient (Wildman–Crippen LogP) is 3.37. The maximum absolute atomic E-state index is 12.4. The lowest BCUT2D eigenvalue weighted by Crippen LogP contribution is -2.12. The van der Waals surface area contributed by atoms with E-state index >= 15 is 0 Å². The number of ketones is 1. The second-order valence-corrected chi connectivity index (χ2v) is 5.70. The van der Waals surface area contributed by atoms with E-state index in [4.69, 9.17) is 16.7 Å². The molecule has 0 radical (unpaired) electrons. The third-order valence-electron chi connectivity index (χ3n) is 3.84. The molecule has 0 aliphatic heterocycles. The summed E-state index contributed by atoms with van der Waals surface area (Å²) in [6, 6.07) is 12.2. The molecule has 21 heavy (non-hydrogen) atoms. The van der Waals surface area contributed by atoms with Gasteiger partial charge in [0.2, 0.25) is 0 Å². The van der Waals surface area contributed by atoms with Crippen LogP contribution in [0.4, 0.5) is 0 Å². The minimum absolute atomic E-state index is 0.0981. The molecule has 0 bridgehead atoms. The van der Waals surface area contributed by atoms with Crippen LogP contribution in [0.15, 0.2) is 42.5 Å². The molecule has 1 N–H and O–H groups in total. The van der Waals surface area contributed by atoms with Crippen molar-refractivity contribution in [3.05, 3.63) is 69.7 Å². The van der Waals surface area contributed by atoms with Crippen molar-refractivity contribution in [1.29, 1.82) is 0 Å². The Morgan fingerprint density at radius 2 is 1.71 bits per heavy atom. The Morgan fingerprint density at radius 1 is 1.00 bits per heavy atom. The van der Waals surface area contributed by atoms with Crippen molar-refractivity contribution < 1.29 is 14.7 Å². The van der Waals surface area contributed by atoms with Crippen LogP contribution in [-0.4, -0.2) is 16.9 Å². The molecule has 0 heterocycles. The number of carbonyl (C=O) groups is 2. The fraction of sp³-hybridized carbons (Fsp3) is 0.176. The van der Waals surface area contributed by atoms with Crippen molar-refractivity contribution in [2.24, 2.45) is 5.92 Å². The molecule has 1 atom stereocenters. The molecule has 0 fully saturated rings. The van der Waals surface area contributed by atoms with Gasteiger partial charge >= 0.3 is 5.97 Å². The molecule has 2 aromatic carbocycles. The first-order valence-electron chi connectivity index (χ1n) is 6.69. The average Bonchev–Trinajstić information content (AvgIpc) is 2.89. The van der Waals surface area contributed by atoms with Gasteiger partial charge in [-0.1, -0.05) is 35.9 Å². The quantitative estimate of drug-likeness (QED) is 0.884. The number of carbonyl (C=O) groups excluding carboxylic acids is 1. The van der Waals surface area contributed by atoms with Gasteiger partial charge in [0.25, 0.3) is 0 Å². The van der Waals surface area contributed by atoms with Gasteiger partial charge in [-0.3, -0.25) is 9.59 Å². The topological polar surface area (TPSA) is 54.4 Å². The number of halogens is 1. The van der Waals surface area contributed by atoms with E-state index in [1.54, 1.807) is 30.3 Å². The Bertz CT molecular complexity index is 737. The molecule has 1 aliphatic carbocycles. The Kier molecular flexibility index (Phi) is 3.52. The van der Waals surface area contributed by atoms with Gasteiger partial charge in [-0.2, -0.15) is 0 Å². The first-order valence-corrected chi connectivity index (χ1v) is 7.07. The van der Waals surface area contributed by atoms with E-state index in [0.29, 0.717) is 29.0 Å². The summed E-state index contributed by atoms with van der Waals surface area (Å²) >= 11 is 5.91. The molecule has 0 aromatic heterocycles. The van der Waals surface area contributed by atoms with Gasteiger partial charge in [-0.05, 0) is 42.2 Å². The molecular weight excluding hydrogens is 288 g/mol. The van der Waals surface area contributed by atoms with E-state index in [-0.39, 0.29) is 11.7 Å². The largest absolute Gasteiger partial charge is 0.481 e. The SMILES string of the molecule is O=C(c1cccc(Cl)c1)c1ccc2c(c1)CC(C(=O)O)C2. The summed E-state index contributed by atoms with van der Waals surface area (Å²) in [5, 5.41) is 9.61. The normalized spacial score (nSPS) is 16.5. The number of fused-ring (bicyclic) bond motifs is 1. The van der Waals surface area contributed by atoms with Gasteiger partial charge in [0.05, 0.1) is 5.92 Å². The number of carboxylic acids is 1. The number of hydrogen-bond donors (Lipinski definition) is 1. The summed E-state index contributed by atoms with van der Waals surface area (Å²) in [5.41, 5.74) is 3.08. The summed E-state index contributed by atoms with van der Waals surface area (Å²) in [6.45, 7) is 0. The zero-order chi connectivity index (χ0) is 15.0. The molecule has 0 amide bonds. The predicted molar refractivity (Wildman–Crippen MR) is 79.9 cm³/mol. The van der Waals surface area contributed by atoms with Gasteiger partial charge in [-0.15, -0.1) is 0 Å². The number of hydrogen-bond acceptors (Lipinski definition) is 2. The van der Waals surface area contributed by atoms with Crippen LogP contribution in [0, 0.1) is 5.92 Å². The Labute approximate surface area is 127 Å². The molecule has 0 saturated heterocycles. The fourth-order valence-corrected chi connectivity index (χ4v) is 2.92. The van der Waals surface area contributed by atoms with E-state index in [9.17, 15) is 9.59 Å². The summed E-state index contributed by atoms with van der Waals surface area (Å²) in [4.78, 5) is 23.5. The molecule has 1 aliphatic rings. The lowest BCUT2D eigenvalue weighted by molar-refractivity contribution is -0.141. The highest BCUT2D eigenvalue weighted by molar-refractivity contribution is 6.31. The van der Waals surface area contributed by atoms with Crippen LogP contribution < -0.4 is 0 Å². The molecule has 0 spiro atoms. The second-order valence-electron chi connectivity index (χ2n) is 5.27. The van der Waals surface area contributed by atoms with Gasteiger partial charge < -0.3 is 5.11 Å². The standard InChI is InChI=1S/C17H13ClO3/c18-15-3-1-2-11(9-15)16(19)12-5-4-10-6-14(17(20)21)8-13(10)7-12/h1-5,7,9,14H,6,8H2,(H,20,21). The molecule has 2 aromatic rings. The summed E-state index contributed by atoms with van der Waals surface area (Å²) in [7, 11) is 0. The van der Waals surface area contributed by atoms with Crippen LogP contribution in [0.2, 0.25) is 5.02 Å². The van der Waals surface area contributed by atoms with Gasteiger partial charge in [0, 0.05) is 16.1 Å². The maximum Gasteiger partial charge on any atom is 0.307 e. The average molecular weight is 301 g/mol. The summed E-state index contributed by atoms with van der Waals surface area (Å²) in [6.07, 6.45) is 1.03. The smallest absolute Gasteiger partial charge is 0.307 e. The van der Waals surface area contributed by atoms with Crippen LogP contribution >= 0.6 is 11.6 Å². The van der Waals surface area contributed by atoms with Crippen molar-refractivity contribution in [2.45, 2.75) is 12.8 Å². The first kappa shape index (κ1) is 13.8. The molecular formula is C17H13ClO3. The van der Waals surface area contributed by atoms with Crippen LogP contribution in [0.1, 0.15) is 27.0 Å². The highest BCUT2D eigenvalue weighted by Crippen LogP contribution is 2.28. The molecule has 4 heteroatoms. The van der Waals surface area contributed by atoms with E-state index < -0.39 is 5.97 Å². The number of carboxylic acid groups (broad SMARTS) is 1. The van der Waals surface area contributed by atoms with Crippen LogP contribution in [0.5, 0.6) is 0 Å². The van der Waals surface area contributed by atoms with E-state index in [2.05, 4.69) is 0 Å². The number of aliphatic carboxylic acids is 1. The van der Waals surface area contributed by atoms with Crippen molar-refractivity contribution in [1.82, 2.24) is 0 Å². The lowest BCUT2D eigenvalue weighted by Gasteiger charge is -2.05. The van der Waals surface area contributed by atoms with Crippen LogP contribution in [0.3, 0.4) is 0 Å². The third-order valence-corrected chi connectivity index (χ3v) is 4.07. The summed E-state index contributed by atoms with van der Waals surface area (Å²) in [5.74, 6) is -1.26. The molecule has 1 unspecified atom stereocenters. The monoisotopic (exact) mass is 300 g/mol. The highest BCUT2D eigenvalue weighted by atomic mass is 35.5. The molecule has 3 nitrogen and oxygen atoms in total. The van der Waals surface area contributed by atoms with Crippen molar-refractivity contribution in [3.8, 4) is 0 Å². The summed E-state index contributed by atoms with van der Waals surface area (Å²) < 4.78 is 0. The Hall–Kier alpha value is -2.13. The first-order chi connectivity index (χ1) is 10.0. The minimum atomic E-state index is -0.783. The van der Waals surface area contributed by atoms with Gasteiger partial charge in [0.1, 0.15) is 0 Å². The zero-order valence-corrected chi connectivity index (χ0v) is 11.9. The lowest BCUT2D eigenvalue weighted by atomic mass is 9.99. The minimum Gasteiger partial charge on any atom is -0.481 e. The molecule has 3 rings (SSSR count). The fourth-order valence-electron chi connectivity index (χ4n) is 2.73. The van der Waals surface area contributed by atoms with Crippen molar-refractivity contribution >= 4 is 23.4 Å². The van der Waals surface area contributed by atoms with E-state index in [0.717, 1.165) is 11.1 Å². The van der Waals surface area contributed by atoms with E-state index in [1.807, 2.05) is 12.1 Å². The Morgan fingerprint density at radius 3 is 2.43 bits per heavy atom. The number of benzene rings is 2. The van der Waals surface area contributed by atoms with Crippen LogP contribution in [-0.2, 0) is 17.6 Å². The maximum atomic E-state index is 12.4. The van der Waals surface area contributed by atoms with Crippen LogP contribution in [0.25, 0.3) is 0 Å². The van der Waals surface area contributed by atoms with Crippen molar-refractivity contribution in [2.75, 3.05) is 0 Å².